The largest absolute Gasteiger partial charge is 0.465 e. The number of halogens is 1. The highest BCUT2D eigenvalue weighted by Gasteiger charge is 2.09. The van der Waals surface area contributed by atoms with Gasteiger partial charge in [0.05, 0.1) is 18.9 Å². The number of carbonyl (C=O) groups excluding carboxylic acids is 1. The van der Waals surface area contributed by atoms with Crippen molar-refractivity contribution in [3.05, 3.63) is 40.6 Å². The summed E-state index contributed by atoms with van der Waals surface area (Å²) in [6.07, 6.45) is 3.64. The van der Waals surface area contributed by atoms with Crippen LogP contribution < -0.4 is 0 Å². The van der Waals surface area contributed by atoms with Crippen LogP contribution in [-0.2, 0) is 11.8 Å². The molecule has 2 rings (SSSR count). The molecule has 88 valence electrons. The fourth-order valence-corrected chi connectivity index (χ4v) is 2.06. The number of ether oxygens (including phenoxy) is 1. The smallest absolute Gasteiger partial charge is 0.337 e. The van der Waals surface area contributed by atoms with E-state index < -0.39 is 0 Å². The first kappa shape index (κ1) is 11.9. The summed E-state index contributed by atoms with van der Waals surface area (Å²) in [4.78, 5) is 11.5. The minimum absolute atomic E-state index is 0.351. The summed E-state index contributed by atoms with van der Waals surface area (Å²) in [5.74, 6) is -0.351. The average Bonchev–Trinajstić information content (AvgIpc) is 2.74. The van der Waals surface area contributed by atoms with E-state index in [-0.39, 0.29) is 5.97 Å². The van der Waals surface area contributed by atoms with Crippen LogP contribution in [0.3, 0.4) is 0 Å². The van der Waals surface area contributed by atoms with Gasteiger partial charge in [-0.15, -0.1) is 0 Å². The zero-order valence-corrected chi connectivity index (χ0v) is 11.1. The molecule has 0 fully saturated rings. The third kappa shape index (κ3) is 2.55. The van der Waals surface area contributed by atoms with Crippen LogP contribution in [0.2, 0.25) is 0 Å². The molecule has 0 aliphatic rings. The van der Waals surface area contributed by atoms with E-state index in [2.05, 4.69) is 21.0 Å². The van der Waals surface area contributed by atoms with Gasteiger partial charge in [0.15, 0.2) is 0 Å². The third-order valence-corrected chi connectivity index (χ3v) is 2.81. The van der Waals surface area contributed by atoms with E-state index in [1.165, 1.54) is 7.11 Å². The van der Waals surface area contributed by atoms with Crippen LogP contribution in [0.4, 0.5) is 0 Å². The van der Waals surface area contributed by atoms with Gasteiger partial charge in [-0.1, -0.05) is 15.9 Å². The van der Waals surface area contributed by atoms with E-state index >= 15 is 0 Å². The zero-order chi connectivity index (χ0) is 12.4. The van der Waals surface area contributed by atoms with Gasteiger partial charge < -0.3 is 4.74 Å². The van der Waals surface area contributed by atoms with Crippen LogP contribution >= 0.6 is 15.9 Å². The second-order valence-corrected chi connectivity index (χ2v) is 4.54. The Morgan fingerprint density at radius 1 is 1.35 bits per heavy atom. The molecule has 0 N–H and O–H groups in total. The molecule has 2 aromatic rings. The lowest BCUT2D eigenvalue weighted by atomic mass is 10.1. The van der Waals surface area contributed by atoms with Crippen molar-refractivity contribution in [3.8, 4) is 11.1 Å². The maximum Gasteiger partial charge on any atom is 0.337 e. The number of hydrogen-bond acceptors (Lipinski definition) is 3. The molecule has 0 saturated carbocycles. The van der Waals surface area contributed by atoms with Gasteiger partial charge in [-0.2, -0.15) is 5.10 Å². The van der Waals surface area contributed by atoms with E-state index in [1.54, 1.807) is 23.0 Å². The number of benzene rings is 1. The van der Waals surface area contributed by atoms with Crippen LogP contribution in [0.15, 0.2) is 35.1 Å². The molecule has 0 aliphatic carbocycles. The van der Waals surface area contributed by atoms with Crippen molar-refractivity contribution in [3.63, 3.8) is 0 Å². The molecule has 1 heterocycles. The number of nitrogens with zero attached hydrogens (tertiary/aromatic N) is 2. The van der Waals surface area contributed by atoms with Crippen LogP contribution in [0.1, 0.15) is 10.4 Å². The molecule has 0 bridgehead atoms. The number of carbonyl (C=O) groups is 1. The fraction of sp³-hybridized carbons (Fsp3) is 0.167. The maximum absolute atomic E-state index is 11.5. The van der Waals surface area contributed by atoms with Crippen LogP contribution in [0.5, 0.6) is 0 Å². The first-order valence-corrected chi connectivity index (χ1v) is 5.77. The standard InChI is InChI=1S/C12H11BrN2O2/c1-15-7-10(6-14-15)8-3-9(12(16)17-2)5-11(13)4-8/h3-7H,1-2H3. The highest BCUT2D eigenvalue weighted by atomic mass is 79.9. The van der Waals surface area contributed by atoms with Gasteiger partial charge in [0.1, 0.15) is 0 Å². The topological polar surface area (TPSA) is 44.1 Å². The third-order valence-electron chi connectivity index (χ3n) is 2.36. The van der Waals surface area contributed by atoms with Gasteiger partial charge in [-0.05, 0) is 23.8 Å². The summed E-state index contributed by atoms with van der Waals surface area (Å²) in [7, 11) is 3.22. The summed E-state index contributed by atoms with van der Waals surface area (Å²) in [6.45, 7) is 0. The second kappa shape index (κ2) is 4.71. The second-order valence-electron chi connectivity index (χ2n) is 3.62. The SMILES string of the molecule is COC(=O)c1cc(Br)cc(-c2cnn(C)c2)c1. The van der Waals surface area contributed by atoms with E-state index in [4.69, 9.17) is 4.74 Å². The van der Waals surface area contributed by atoms with Gasteiger partial charge in [0.2, 0.25) is 0 Å². The van der Waals surface area contributed by atoms with E-state index in [0.717, 1.165) is 15.6 Å². The van der Waals surface area contributed by atoms with Gasteiger partial charge in [0, 0.05) is 23.3 Å². The Balaban J connectivity index is 2.48. The molecular weight excluding hydrogens is 284 g/mol. The Bertz CT molecular complexity index is 563. The first-order valence-electron chi connectivity index (χ1n) is 4.98. The number of aromatic nitrogens is 2. The quantitative estimate of drug-likeness (QED) is 0.800. The summed E-state index contributed by atoms with van der Waals surface area (Å²) in [5, 5.41) is 4.10. The van der Waals surface area contributed by atoms with E-state index in [1.807, 2.05) is 19.3 Å². The fourth-order valence-electron chi connectivity index (χ4n) is 1.56. The molecule has 0 atom stereocenters. The Hall–Kier alpha value is -1.62. The Morgan fingerprint density at radius 2 is 2.12 bits per heavy atom. The molecule has 4 nitrogen and oxygen atoms in total. The van der Waals surface area contributed by atoms with Crippen molar-refractivity contribution in [1.82, 2.24) is 9.78 Å². The lowest BCUT2D eigenvalue weighted by Gasteiger charge is -2.03. The number of methoxy groups -OCH3 is 1. The van der Waals surface area contributed by atoms with Crippen molar-refractivity contribution in [2.45, 2.75) is 0 Å². The van der Waals surface area contributed by atoms with Crippen LogP contribution in [-0.4, -0.2) is 22.9 Å². The lowest BCUT2D eigenvalue weighted by molar-refractivity contribution is 0.0600. The number of rotatable bonds is 2. The van der Waals surface area contributed by atoms with E-state index in [0.29, 0.717) is 5.56 Å². The van der Waals surface area contributed by atoms with Crippen molar-refractivity contribution in [2.24, 2.45) is 7.05 Å². The van der Waals surface area contributed by atoms with Crippen molar-refractivity contribution >= 4 is 21.9 Å². The zero-order valence-electron chi connectivity index (χ0n) is 9.48. The Kier molecular flexibility index (Phi) is 3.28. The maximum atomic E-state index is 11.5. The molecule has 0 spiro atoms. The van der Waals surface area contributed by atoms with Crippen molar-refractivity contribution in [1.29, 1.82) is 0 Å². The summed E-state index contributed by atoms with van der Waals surface area (Å²) in [5.41, 5.74) is 2.40. The lowest BCUT2D eigenvalue weighted by Crippen LogP contribution is -2.01. The van der Waals surface area contributed by atoms with Crippen LogP contribution in [0, 0.1) is 0 Å². The van der Waals surface area contributed by atoms with Gasteiger partial charge in [-0.3, -0.25) is 4.68 Å². The first-order chi connectivity index (χ1) is 8.10. The molecule has 0 radical (unpaired) electrons. The number of hydrogen-bond donors (Lipinski definition) is 0. The minimum Gasteiger partial charge on any atom is -0.465 e. The van der Waals surface area contributed by atoms with Gasteiger partial charge in [0.25, 0.3) is 0 Å². The van der Waals surface area contributed by atoms with E-state index in [9.17, 15) is 4.79 Å². The number of aryl methyl sites for hydroxylation is 1. The highest BCUT2D eigenvalue weighted by Crippen LogP contribution is 2.25. The highest BCUT2D eigenvalue weighted by molar-refractivity contribution is 9.10. The summed E-state index contributed by atoms with van der Waals surface area (Å²) >= 11 is 3.38. The Morgan fingerprint density at radius 3 is 2.71 bits per heavy atom. The van der Waals surface area contributed by atoms with Gasteiger partial charge in [-0.25, -0.2) is 4.79 Å². The molecule has 5 heteroatoms. The molecule has 17 heavy (non-hydrogen) atoms. The molecule has 0 unspecified atom stereocenters. The molecule has 1 aromatic heterocycles. The average molecular weight is 295 g/mol. The number of esters is 1. The van der Waals surface area contributed by atoms with Crippen molar-refractivity contribution < 1.29 is 9.53 Å². The summed E-state index contributed by atoms with van der Waals surface area (Å²) in [6, 6.07) is 5.45. The van der Waals surface area contributed by atoms with Crippen LogP contribution in [0.25, 0.3) is 11.1 Å². The minimum atomic E-state index is -0.351. The molecule has 1 aromatic carbocycles. The van der Waals surface area contributed by atoms with Crippen molar-refractivity contribution in [2.75, 3.05) is 7.11 Å². The molecular formula is C12H11BrN2O2. The summed E-state index contributed by atoms with van der Waals surface area (Å²) < 4.78 is 7.26. The van der Waals surface area contributed by atoms with Gasteiger partial charge >= 0.3 is 5.97 Å². The molecule has 0 saturated heterocycles. The normalized spacial score (nSPS) is 10.3. The monoisotopic (exact) mass is 294 g/mol. The predicted molar refractivity (Wildman–Crippen MR) is 67.7 cm³/mol. The molecule has 0 aliphatic heterocycles. The predicted octanol–water partition coefficient (Wildman–Crippen LogP) is 2.64. The molecule has 0 amide bonds. The Labute approximate surface area is 107 Å².